The van der Waals surface area contributed by atoms with Crippen molar-refractivity contribution in [1.29, 1.82) is 0 Å². The second-order valence-corrected chi connectivity index (χ2v) is 8.64. The summed E-state index contributed by atoms with van der Waals surface area (Å²) in [4.78, 5) is 4.65. The highest BCUT2D eigenvalue weighted by molar-refractivity contribution is 7.89. The van der Waals surface area contributed by atoms with Gasteiger partial charge in [0.05, 0.1) is 9.90 Å². The topological polar surface area (TPSA) is 50.3 Å². The molecule has 1 aliphatic carbocycles. The van der Waals surface area contributed by atoms with Crippen LogP contribution in [0, 0.1) is 13.8 Å². The van der Waals surface area contributed by atoms with Crippen molar-refractivity contribution in [1.82, 2.24) is 9.29 Å². The van der Waals surface area contributed by atoms with E-state index in [2.05, 4.69) is 4.98 Å². The second kappa shape index (κ2) is 6.10. The summed E-state index contributed by atoms with van der Waals surface area (Å²) < 4.78 is 27.6. The number of benzene rings is 1. The molecule has 1 saturated carbocycles. The van der Waals surface area contributed by atoms with Gasteiger partial charge in [-0.05, 0) is 49.9 Å². The van der Waals surface area contributed by atoms with Gasteiger partial charge in [0.1, 0.15) is 0 Å². The molecule has 0 spiro atoms. The molecule has 0 radical (unpaired) electrons. The van der Waals surface area contributed by atoms with Crippen LogP contribution in [-0.4, -0.2) is 30.3 Å². The van der Waals surface area contributed by atoms with Crippen molar-refractivity contribution in [2.75, 3.05) is 6.54 Å². The molecule has 1 fully saturated rings. The zero-order valence-corrected chi connectivity index (χ0v) is 14.5. The third-order valence-corrected chi connectivity index (χ3v) is 6.86. The SMILES string of the molecule is Cc1ccc(S(=O)(=O)N(CCc2nccs2)C2CC2)cc1C. The number of sulfonamides is 1. The van der Waals surface area contributed by atoms with Crippen molar-refractivity contribution in [2.24, 2.45) is 0 Å². The van der Waals surface area contributed by atoms with Gasteiger partial charge >= 0.3 is 0 Å². The van der Waals surface area contributed by atoms with E-state index in [0.29, 0.717) is 17.9 Å². The molecule has 3 rings (SSSR count). The lowest BCUT2D eigenvalue weighted by atomic mass is 10.1. The fourth-order valence-electron chi connectivity index (χ4n) is 2.45. The van der Waals surface area contributed by atoms with Crippen LogP contribution in [-0.2, 0) is 16.4 Å². The van der Waals surface area contributed by atoms with E-state index in [1.54, 1.807) is 34.0 Å². The first-order chi connectivity index (χ1) is 10.5. The summed E-state index contributed by atoms with van der Waals surface area (Å²) in [5.41, 5.74) is 2.12. The monoisotopic (exact) mass is 336 g/mol. The van der Waals surface area contributed by atoms with E-state index in [-0.39, 0.29) is 6.04 Å². The average molecular weight is 336 g/mol. The normalized spacial score (nSPS) is 15.4. The Morgan fingerprint density at radius 1 is 1.27 bits per heavy atom. The zero-order valence-electron chi connectivity index (χ0n) is 12.8. The predicted molar refractivity (Wildman–Crippen MR) is 88.6 cm³/mol. The number of hydrogen-bond acceptors (Lipinski definition) is 4. The second-order valence-electron chi connectivity index (χ2n) is 5.77. The van der Waals surface area contributed by atoms with Crippen molar-refractivity contribution in [2.45, 2.75) is 44.0 Å². The molecule has 1 aliphatic rings. The lowest BCUT2D eigenvalue weighted by Crippen LogP contribution is -2.35. The zero-order chi connectivity index (χ0) is 15.7. The molecule has 4 nitrogen and oxygen atoms in total. The van der Waals surface area contributed by atoms with Gasteiger partial charge < -0.3 is 0 Å². The van der Waals surface area contributed by atoms with Gasteiger partial charge in [-0.3, -0.25) is 0 Å². The average Bonchev–Trinajstić information content (AvgIpc) is 3.17. The summed E-state index contributed by atoms with van der Waals surface area (Å²) in [7, 11) is -3.42. The minimum absolute atomic E-state index is 0.159. The summed E-state index contributed by atoms with van der Waals surface area (Å²) in [6, 6.07) is 5.54. The Kier molecular flexibility index (Phi) is 4.34. The van der Waals surface area contributed by atoms with Gasteiger partial charge in [-0.2, -0.15) is 4.31 Å². The van der Waals surface area contributed by atoms with Crippen LogP contribution in [0.4, 0.5) is 0 Å². The molecule has 0 N–H and O–H groups in total. The van der Waals surface area contributed by atoms with E-state index >= 15 is 0 Å². The van der Waals surface area contributed by atoms with Crippen LogP contribution in [0.1, 0.15) is 29.0 Å². The van der Waals surface area contributed by atoms with Crippen molar-refractivity contribution >= 4 is 21.4 Å². The molecular formula is C16H20N2O2S2. The number of hydrogen-bond donors (Lipinski definition) is 0. The standard InChI is InChI=1S/C16H20N2O2S2/c1-12-3-6-15(11-13(12)2)22(19,20)18(14-4-5-14)9-7-16-17-8-10-21-16/h3,6,8,10-11,14H,4-5,7,9H2,1-2H3. The van der Waals surface area contributed by atoms with E-state index in [9.17, 15) is 8.42 Å². The smallest absolute Gasteiger partial charge is 0.243 e. The first-order valence-corrected chi connectivity index (χ1v) is 9.78. The van der Waals surface area contributed by atoms with Crippen LogP contribution in [0.25, 0.3) is 0 Å². The van der Waals surface area contributed by atoms with Gasteiger partial charge in [0, 0.05) is 30.6 Å². The highest BCUT2D eigenvalue weighted by atomic mass is 32.2. The summed E-state index contributed by atoms with van der Waals surface area (Å²) in [5, 5.41) is 2.91. The quantitative estimate of drug-likeness (QED) is 0.814. The van der Waals surface area contributed by atoms with Crippen LogP contribution in [0.3, 0.4) is 0 Å². The Morgan fingerprint density at radius 3 is 2.64 bits per heavy atom. The molecule has 118 valence electrons. The maximum absolute atomic E-state index is 12.9. The first kappa shape index (κ1) is 15.6. The summed E-state index contributed by atoms with van der Waals surface area (Å²) in [5.74, 6) is 0. The minimum atomic E-state index is -3.42. The van der Waals surface area contributed by atoms with E-state index in [4.69, 9.17) is 0 Å². The number of nitrogens with zero attached hydrogens (tertiary/aromatic N) is 2. The molecule has 0 aliphatic heterocycles. The Bertz CT molecular complexity index is 750. The Balaban J connectivity index is 1.84. The highest BCUT2D eigenvalue weighted by Gasteiger charge is 2.37. The lowest BCUT2D eigenvalue weighted by molar-refractivity contribution is 0.407. The van der Waals surface area contributed by atoms with Crippen molar-refractivity contribution in [3.8, 4) is 0 Å². The number of aromatic nitrogens is 1. The molecule has 22 heavy (non-hydrogen) atoms. The first-order valence-electron chi connectivity index (χ1n) is 7.46. The molecule has 0 atom stereocenters. The fraction of sp³-hybridized carbons (Fsp3) is 0.438. The van der Waals surface area contributed by atoms with Gasteiger partial charge in [0.25, 0.3) is 0 Å². The number of thiazole rings is 1. The van der Waals surface area contributed by atoms with E-state index in [1.807, 2.05) is 25.3 Å². The molecule has 1 aromatic heterocycles. The maximum atomic E-state index is 12.9. The van der Waals surface area contributed by atoms with Crippen LogP contribution in [0.2, 0.25) is 0 Å². The van der Waals surface area contributed by atoms with E-state index < -0.39 is 10.0 Å². The fourth-order valence-corrected chi connectivity index (χ4v) is 4.83. The number of aryl methyl sites for hydroxylation is 2. The van der Waals surface area contributed by atoms with Crippen LogP contribution < -0.4 is 0 Å². The third-order valence-electron chi connectivity index (χ3n) is 4.07. The molecular weight excluding hydrogens is 316 g/mol. The summed E-state index contributed by atoms with van der Waals surface area (Å²) in [6.45, 7) is 4.45. The Hall–Kier alpha value is -1.24. The van der Waals surface area contributed by atoms with E-state index in [0.717, 1.165) is 29.0 Å². The highest BCUT2D eigenvalue weighted by Crippen LogP contribution is 2.32. The Labute approximate surface area is 135 Å². The largest absolute Gasteiger partial charge is 0.250 e. The lowest BCUT2D eigenvalue weighted by Gasteiger charge is -2.22. The molecule has 6 heteroatoms. The maximum Gasteiger partial charge on any atom is 0.243 e. The van der Waals surface area contributed by atoms with Gasteiger partial charge in [-0.25, -0.2) is 13.4 Å². The van der Waals surface area contributed by atoms with Crippen molar-refractivity contribution in [3.05, 3.63) is 45.9 Å². The molecule has 0 amide bonds. The summed E-state index contributed by atoms with van der Waals surface area (Å²) in [6.07, 6.45) is 4.36. The minimum Gasteiger partial charge on any atom is -0.250 e. The van der Waals surface area contributed by atoms with Crippen molar-refractivity contribution in [3.63, 3.8) is 0 Å². The molecule has 2 aromatic rings. The summed E-state index contributed by atoms with van der Waals surface area (Å²) >= 11 is 1.58. The van der Waals surface area contributed by atoms with Gasteiger partial charge in [-0.15, -0.1) is 11.3 Å². The number of rotatable bonds is 6. The molecule has 1 heterocycles. The molecule has 1 aromatic carbocycles. The van der Waals surface area contributed by atoms with Crippen LogP contribution in [0.15, 0.2) is 34.7 Å². The predicted octanol–water partition coefficient (Wildman–Crippen LogP) is 3.16. The molecule has 0 unspecified atom stereocenters. The third kappa shape index (κ3) is 3.24. The molecule has 0 saturated heterocycles. The van der Waals surface area contributed by atoms with Gasteiger partial charge in [0.2, 0.25) is 10.0 Å². The molecule has 0 bridgehead atoms. The van der Waals surface area contributed by atoms with Crippen molar-refractivity contribution < 1.29 is 8.42 Å². The van der Waals surface area contributed by atoms with Gasteiger partial charge in [0.15, 0.2) is 0 Å². The van der Waals surface area contributed by atoms with E-state index in [1.165, 1.54) is 0 Å². The van der Waals surface area contributed by atoms with Crippen LogP contribution >= 0.6 is 11.3 Å². The Morgan fingerprint density at radius 2 is 2.05 bits per heavy atom. The van der Waals surface area contributed by atoms with Gasteiger partial charge in [-0.1, -0.05) is 6.07 Å². The van der Waals surface area contributed by atoms with Crippen LogP contribution in [0.5, 0.6) is 0 Å².